The van der Waals surface area contributed by atoms with E-state index in [0.717, 1.165) is 50.5 Å². The van der Waals surface area contributed by atoms with Gasteiger partial charge in [0.15, 0.2) is 0 Å². The fourth-order valence-corrected chi connectivity index (χ4v) is 3.41. The highest BCUT2D eigenvalue weighted by molar-refractivity contribution is 5.73. The van der Waals surface area contributed by atoms with Crippen molar-refractivity contribution >= 4 is 11.7 Å². The van der Waals surface area contributed by atoms with Gasteiger partial charge in [-0.15, -0.1) is 0 Å². The van der Waals surface area contributed by atoms with Crippen molar-refractivity contribution in [1.29, 1.82) is 0 Å². The first-order valence-electron chi connectivity index (χ1n) is 8.04. The zero-order valence-corrected chi connectivity index (χ0v) is 12.8. The van der Waals surface area contributed by atoms with E-state index in [1.165, 1.54) is 19.3 Å². The van der Waals surface area contributed by atoms with Gasteiger partial charge >= 0.3 is 0 Å². The molecule has 3 rings (SSSR count). The summed E-state index contributed by atoms with van der Waals surface area (Å²) in [6.07, 6.45) is 9.47. The Kier molecular flexibility index (Phi) is 4.36. The highest BCUT2D eigenvalue weighted by Gasteiger charge is 2.22. The van der Waals surface area contributed by atoms with Gasteiger partial charge in [-0.3, -0.25) is 9.78 Å². The van der Waals surface area contributed by atoms with Gasteiger partial charge in [0.2, 0.25) is 5.91 Å². The van der Waals surface area contributed by atoms with Gasteiger partial charge in [0.1, 0.15) is 5.82 Å². The van der Waals surface area contributed by atoms with Crippen molar-refractivity contribution in [1.82, 2.24) is 14.9 Å². The molecular weight excluding hydrogens is 264 g/mol. The monoisotopic (exact) mass is 288 g/mol. The van der Waals surface area contributed by atoms with Crippen LogP contribution in [0.15, 0.2) is 12.4 Å². The summed E-state index contributed by atoms with van der Waals surface area (Å²) in [5.41, 5.74) is 1.06. The van der Waals surface area contributed by atoms with Crippen molar-refractivity contribution in [3.63, 3.8) is 0 Å². The fourth-order valence-electron chi connectivity index (χ4n) is 3.41. The van der Waals surface area contributed by atoms with Crippen LogP contribution < -0.4 is 4.90 Å². The number of piperidine rings is 1. The molecule has 0 N–H and O–H groups in total. The Morgan fingerprint density at radius 1 is 1.24 bits per heavy atom. The number of amides is 1. The fraction of sp³-hybridized carbons (Fsp3) is 0.688. The maximum Gasteiger partial charge on any atom is 0.219 e. The topological polar surface area (TPSA) is 49.3 Å². The average molecular weight is 288 g/mol. The molecule has 5 heteroatoms. The van der Waals surface area contributed by atoms with Crippen molar-refractivity contribution in [2.45, 2.75) is 39.0 Å². The summed E-state index contributed by atoms with van der Waals surface area (Å²) in [7, 11) is 0. The highest BCUT2D eigenvalue weighted by Crippen LogP contribution is 2.22. The van der Waals surface area contributed by atoms with E-state index >= 15 is 0 Å². The van der Waals surface area contributed by atoms with Gasteiger partial charge in [-0.1, -0.05) is 0 Å². The molecule has 1 amide bonds. The molecule has 1 aromatic heterocycles. The van der Waals surface area contributed by atoms with Crippen molar-refractivity contribution in [3.8, 4) is 0 Å². The van der Waals surface area contributed by atoms with Crippen molar-refractivity contribution < 1.29 is 4.79 Å². The molecule has 21 heavy (non-hydrogen) atoms. The number of carbonyl (C=O) groups is 1. The molecule has 1 atom stereocenters. The van der Waals surface area contributed by atoms with Gasteiger partial charge in [-0.25, -0.2) is 4.98 Å². The second-order valence-electron chi connectivity index (χ2n) is 6.24. The van der Waals surface area contributed by atoms with Crippen molar-refractivity contribution in [2.75, 3.05) is 31.1 Å². The van der Waals surface area contributed by atoms with Crippen LogP contribution in [0.1, 0.15) is 38.3 Å². The first-order chi connectivity index (χ1) is 10.2. The molecule has 2 fully saturated rings. The molecule has 114 valence electrons. The van der Waals surface area contributed by atoms with Crippen LogP contribution in [0.25, 0.3) is 0 Å². The van der Waals surface area contributed by atoms with Gasteiger partial charge in [-0.2, -0.15) is 0 Å². The third kappa shape index (κ3) is 3.52. The number of aromatic nitrogens is 2. The molecule has 0 saturated carbocycles. The summed E-state index contributed by atoms with van der Waals surface area (Å²) in [6, 6.07) is 0. The zero-order valence-electron chi connectivity index (χ0n) is 12.8. The molecule has 0 aliphatic carbocycles. The molecule has 0 unspecified atom stereocenters. The summed E-state index contributed by atoms with van der Waals surface area (Å²) >= 11 is 0. The van der Waals surface area contributed by atoms with Crippen LogP contribution in [0.4, 0.5) is 5.82 Å². The summed E-state index contributed by atoms with van der Waals surface area (Å²) in [5.74, 6) is 1.73. The van der Waals surface area contributed by atoms with Gasteiger partial charge in [0.25, 0.3) is 0 Å². The molecule has 2 aliphatic heterocycles. The van der Waals surface area contributed by atoms with Crippen molar-refractivity contribution in [2.24, 2.45) is 5.92 Å². The van der Waals surface area contributed by atoms with E-state index in [0.29, 0.717) is 5.92 Å². The van der Waals surface area contributed by atoms with Crippen LogP contribution in [0.3, 0.4) is 0 Å². The predicted octanol–water partition coefficient (Wildman–Crippen LogP) is 1.88. The van der Waals surface area contributed by atoms with Gasteiger partial charge < -0.3 is 9.80 Å². The lowest BCUT2D eigenvalue weighted by Crippen LogP contribution is -2.39. The number of hydrogen-bond donors (Lipinski definition) is 0. The van der Waals surface area contributed by atoms with Crippen LogP contribution in [-0.4, -0.2) is 47.0 Å². The largest absolute Gasteiger partial charge is 0.355 e. The first kappa shape index (κ1) is 14.3. The van der Waals surface area contributed by atoms with E-state index in [9.17, 15) is 4.79 Å². The normalized spacial score (nSPS) is 22.6. The molecule has 1 aromatic rings. The van der Waals surface area contributed by atoms with E-state index in [4.69, 9.17) is 4.98 Å². The summed E-state index contributed by atoms with van der Waals surface area (Å²) in [4.78, 5) is 24.9. The number of hydrogen-bond acceptors (Lipinski definition) is 4. The molecule has 0 bridgehead atoms. The van der Waals surface area contributed by atoms with Crippen LogP contribution in [0.2, 0.25) is 0 Å². The smallest absolute Gasteiger partial charge is 0.219 e. The Balaban J connectivity index is 1.64. The molecule has 2 saturated heterocycles. The number of likely N-dealkylation sites (tertiary alicyclic amines) is 1. The first-order valence-corrected chi connectivity index (χ1v) is 8.04. The summed E-state index contributed by atoms with van der Waals surface area (Å²) in [6.45, 7) is 5.63. The van der Waals surface area contributed by atoms with Crippen LogP contribution in [0, 0.1) is 5.92 Å². The quantitative estimate of drug-likeness (QED) is 0.852. The minimum atomic E-state index is 0.191. The molecule has 2 aliphatic rings. The van der Waals surface area contributed by atoms with E-state index in [1.54, 1.807) is 6.92 Å². The molecule has 0 aromatic carbocycles. The Morgan fingerprint density at radius 3 is 2.81 bits per heavy atom. The third-order valence-corrected chi connectivity index (χ3v) is 4.56. The van der Waals surface area contributed by atoms with E-state index in [1.807, 2.05) is 17.3 Å². The lowest BCUT2D eigenvalue weighted by atomic mass is 9.93. The van der Waals surface area contributed by atoms with Gasteiger partial charge in [-0.05, 0) is 38.0 Å². The Hall–Kier alpha value is -1.65. The highest BCUT2D eigenvalue weighted by atomic mass is 16.2. The predicted molar refractivity (Wildman–Crippen MR) is 82.2 cm³/mol. The Bertz CT molecular complexity index is 499. The second-order valence-corrected chi connectivity index (χ2v) is 6.24. The van der Waals surface area contributed by atoms with E-state index in [2.05, 4.69) is 9.88 Å². The lowest BCUT2D eigenvalue weighted by molar-refractivity contribution is -0.130. The third-order valence-electron chi connectivity index (χ3n) is 4.56. The van der Waals surface area contributed by atoms with Crippen LogP contribution in [-0.2, 0) is 11.2 Å². The number of rotatable bonds is 3. The SMILES string of the molecule is CC(=O)N1CCC[C@H](Cc2cncc(N3CCCC3)n2)C1. The Labute approximate surface area is 126 Å². The van der Waals surface area contributed by atoms with Gasteiger partial charge in [0, 0.05) is 39.3 Å². The summed E-state index contributed by atoms with van der Waals surface area (Å²) < 4.78 is 0. The molecule has 3 heterocycles. The van der Waals surface area contributed by atoms with Gasteiger partial charge in [0.05, 0.1) is 11.9 Å². The van der Waals surface area contributed by atoms with E-state index < -0.39 is 0 Å². The number of nitrogens with zero attached hydrogens (tertiary/aromatic N) is 4. The lowest BCUT2D eigenvalue weighted by Gasteiger charge is -2.32. The van der Waals surface area contributed by atoms with Crippen molar-refractivity contribution in [3.05, 3.63) is 18.1 Å². The molecule has 0 spiro atoms. The second kappa shape index (κ2) is 6.41. The number of carbonyl (C=O) groups excluding carboxylic acids is 1. The molecule has 0 radical (unpaired) electrons. The molecular formula is C16H24N4O. The number of anilines is 1. The van der Waals surface area contributed by atoms with E-state index in [-0.39, 0.29) is 5.91 Å². The zero-order chi connectivity index (χ0) is 14.7. The maximum atomic E-state index is 11.5. The average Bonchev–Trinajstić information content (AvgIpc) is 3.02. The maximum absolute atomic E-state index is 11.5. The minimum absolute atomic E-state index is 0.191. The van der Waals surface area contributed by atoms with Crippen LogP contribution in [0.5, 0.6) is 0 Å². The Morgan fingerprint density at radius 2 is 2.05 bits per heavy atom. The minimum Gasteiger partial charge on any atom is -0.355 e. The summed E-state index contributed by atoms with van der Waals surface area (Å²) in [5, 5.41) is 0. The molecule has 5 nitrogen and oxygen atoms in total. The van der Waals surface area contributed by atoms with Crippen LogP contribution >= 0.6 is 0 Å². The standard InChI is InChI=1S/C16H24N4O/c1-13(21)20-8-4-5-14(12-20)9-15-10-17-11-16(18-15)19-6-2-3-7-19/h10-11,14H,2-9,12H2,1H3/t14-/m1/s1.